The molecule has 0 aliphatic carbocycles. The summed E-state index contributed by atoms with van der Waals surface area (Å²) in [5, 5.41) is 8.94. The van der Waals surface area contributed by atoms with Gasteiger partial charge in [0.2, 0.25) is 0 Å². The maximum atomic E-state index is 8.94. The van der Waals surface area contributed by atoms with E-state index in [4.69, 9.17) is 5.26 Å². The van der Waals surface area contributed by atoms with Crippen LogP contribution in [0.15, 0.2) is 61.4 Å². The number of benzene rings is 1. The Balaban J connectivity index is 2.44. The number of aromatic nitrogens is 1. The van der Waals surface area contributed by atoms with Gasteiger partial charge in [-0.25, -0.2) is 0 Å². The van der Waals surface area contributed by atoms with Crippen LogP contribution in [0.4, 0.5) is 11.4 Å². The average Bonchev–Trinajstić information content (AvgIpc) is 2.56. The predicted molar refractivity (Wildman–Crippen MR) is 86.4 cm³/mol. The highest BCUT2D eigenvalue weighted by Crippen LogP contribution is 2.30. The maximum Gasteiger partial charge on any atom is 0.0991 e. The van der Waals surface area contributed by atoms with Crippen molar-refractivity contribution in [1.29, 1.82) is 5.26 Å². The van der Waals surface area contributed by atoms with Gasteiger partial charge in [0.1, 0.15) is 0 Å². The zero-order valence-corrected chi connectivity index (χ0v) is 12.2. The van der Waals surface area contributed by atoms with Crippen LogP contribution in [0.3, 0.4) is 0 Å². The summed E-state index contributed by atoms with van der Waals surface area (Å²) in [5.41, 5.74) is 2.79. The second-order valence-corrected chi connectivity index (χ2v) is 4.83. The summed E-state index contributed by atoms with van der Waals surface area (Å²) in [4.78, 5) is 6.48. The SMILES string of the molecule is C=CCC(CC)N(c1ccc(C#N)cc1)c1cccnc1. The van der Waals surface area contributed by atoms with E-state index in [0.29, 0.717) is 11.6 Å². The summed E-state index contributed by atoms with van der Waals surface area (Å²) >= 11 is 0. The molecule has 21 heavy (non-hydrogen) atoms. The number of hydrogen-bond acceptors (Lipinski definition) is 3. The third-order valence-corrected chi connectivity index (χ3v) is 3.47. The number of rotatable bonds is 6. The van der Waals surface area contributed by atoms with E-state index < -0.39 is 0 Å². The lowest BCUT2D eigenvalue weighted by Gasteiger charge is -2.32. The summed E-state index contributed by atoms with van der Waals surface area (Å²) < 4.78 is 0. The molecule has 106 valence electrons. The third-order valence-electron chi connectivity index (χ3n) is 3.47. The molecule has 0 radical (unpaired) electrons. The van der Waals surface area contributed by atoms with Crippen molar-refractivity contribution in [2.24, 2.45) is 0 Å². The molecule has 0 amide bonds. The third kappa shape index (κ3) is 3.49. The smallest absolute Gasteiger partial charge is 0.0991 e. The minimum Gasteiger partial charge on any atom is -0.337 e. The Morgan fingerprint density at radius 2 is 2.05 bits per heavy atom. The Kier molecular flexibility index (Phi) is 5.11. The van der Waals surface area contributed by atoms with Gasteiger partial charge >= 0.3 is 0 Å². The lowest BCUT2D eigenvalue weighted by molar-refractivity contribution is 0.638. The van der Waals surface area contributed by atoms with Crippen LogP contribution in [0.25, 0.3) is 0 Å². The van der Waals surface area contributed by atoms with E-state index in [2.05, 4.69) is 35.5 Å². The lowest BCUT2D eigenvalue weighted by atomic mass is 10.1. The lowest BCUT2D eigenvalue weighted by Crippen LogP contribution is -2.30. The Morgan fingerprint density at radius 1 is 1.29 bits per heavy atom. The first-order chi connectivity index (χ1) is 10.3. The van der Waals surface area contributed by atoms with Crippen LogP contribution in [-0.4, -0.2) is 11.0 Å². The van der Waals surface area contributed by atoms with Crippen LogP contribution in [-0.2, 0) is 0 Å². The molecule has 0 spiro atoms. The molecule has 1 aromatic heterocycles. The molecule has 1 heterocycles. The van der Waals surface area contributed by atoms with Gasteiger partial charge in [-0.05, 0) is 49.2 Å². The van der Waals surface area contributed by atoms with E-state index in [1.54, 1.807) is 6.20 Å². The number of anilines is 2. The molecule has 2 rings (SSSR count). The molecule has 3 heteroatoms. The van der Waals surface area contributed by atoms with E-state index >= 15 is 0 Å². The molecule has 0 N–H and O–H groups in total. The highest BCUT2D eigenvalue weighted by atomic mass is 15.2. The van der Waals surface area contributed by atoms with Gasteiger partial charge < -0.3 is 4.90 Å². The molecular formula is C18H19N3. The van der Waals surface area contributed by atoms with Gasteiger partial charge in [0.05, 0.1) is 23.5 Å². The van der Waals surface area contributed by atoms with Gasteiger partial charge in [0.25, 0.3) is 0 Å². The first-order valence-corrected chi connectivity index (χ1v) is 7.10. The van der Waals surface area contributed by atoms with Crippen LogP contribution >= 0.6 is 0 Å². The van der Waals surface area contributed by atoms with E-state index in [1.165, 1.54) is 0 Å². The molecule has 0 bridgehead atoms. The topological polar surface area (TPSA) is 39.9 Å². The van der Waals surface area contributed by atoms with Crippen molar-refractivity contribution >= 4 is 11.4 Å². The van der Waals surface area contributed by atoms with Crippen molar-refractivity contribution in [3.8, 4) is 6.07 Å². The molecule has 0 saturated carbocycles. The average molecular weight is 277 g/mol. The summed E-state index contributed by atoms with van der Waals surface area (Å²) in [6.45, 7) is 6.03. The van der Waals surface area contributed by atoms with Crippen LogP contribution < -0.4 is 4.90 Å². The van der Waals surface area contributed by atoms with Gasteiger partial charge in [-0.2, -0.15) is 5.26 Å². The maximum absolute atomic E-state index is 8.94. The molecule has 1 aromatic carbocycles. The van der Waals surface area contributed by atoms with Crippen molar-refractivity contribution in [1.82, 2.24) is 4.98 Å². The second kappa shape index (κ2) is 7.25. The predicted octanol–water partition coefficient (Wildman–Crippen LogP) is 4.45. The Morgan fingerprint density at radius 3 is 2.57 bits per heavy atom. The Bertz CT molecular complexity index is 611. The monoisotopic (exact) mass is 277 g/mol. The normalized spacial score (nSPS) is 11.4. The highest BCUT2D eigenvalue weighted by Gasteiger charge is 2.18. The van der Waals surface area contributed by atoms with Gasteiger partial charge in [-0.3, -0.25) is 4.98 Å². The van der Waals surface area contributed by atoms with Gasteiger partial charge in [0.15, 0.2) is 0 Å². The summed E-state index contributed by atoms with van der Waals surface area (Å²) in [7, 11) is 0. The van der Waals surface area contributed by atoms with Crippen LogP contribution in [0, 0.1) is 11.3 Å². The van der Waals surface area contributed by atoms with E-state index in [-0.39, 0.29) is 0 Å². The van der Waals surface area contributed by atoms with Crippen molar-refractivity contribution in [3.05, 3.63) is 67.0 Å². The first-order valence-electron chi connectivity index (χ1n) is 7.10. The molecule has 1 atom stereocenters. The summed E-state index contributed by atoms with van der Waals surface area (Å²) in [6, 6.07) is 14.1. The van der Waals surface area contributed by atoms with E-state index in [1.807, 2.05) is 42.6 Å². The molecule has 3 nitrogen and oxygen atoms in total. The fourth-order valence-electron chi connectivity index (χ4n) is 2.41. The number of nitriles is 1. The molecular weight excluding hydrogens is 258 g/mol. The standard InChI is InChI=1S/C18H19N3/c1-3-6-16(4-2)21(18-7-5-12-20-14-18)17-10-8-15(13-19)9-11-17/h3,5,7-12,14,16H,1,4,6H2,2H3. The second-order valence-electron chi connectivity index (χ2n) is 4.83. The Hall–Kier alpha value is -2.60. The molecule has 0 aliphatic rings. The molecule has 2 aromatic rings. The van der Waals surface area contributed by atoms with Crippen LogP contribution in [0.5, 0.6) is 0 Å². The molecule has 1 unspecified atom stereocenters. The number of nitrogens with zero attached hydrogens (tertiary/aromatic N) is 3. The minimum atomic E-state index is 0.319. The largest absolute Gasteiger partial charge is 0.337 e. The molecule has 0 fully saturated rings. The zero-order valence-electron chi connectivity index (χ0n) is 12.2. The van der Waals surface area contributed by atoms with Crippen molar-refractivity contribution in [3.63, 3.8) is 0 Å². The van der Waals surface area contributed by atoms with Crippen molar-refractivity contribution < 1.29 is 0 Å². The van der Waals surface area contributed by atoms with Gasteiger partial charge in [-0.1, -0.05) is 13.0 Å². The van der Waals surface area contributed by atoms with E-state index in [9.17, 15) is 0 Å². The molecule has 0 aliphatic heterocycles. The van der Waals surface area contributed by atoms with Crippen LogP contribution in [0.1, 0.15) is 25.3 Å². The number of pyridine rings is 1. The number of hydrogen-bond donors (Lipinski definition) is 0. The fraction of sp³-hybridized carbons (Fsp3) is 0.222. The fourth-order valence-corrected chi connectivity index (χ4v) is 2.41. The quantitative estimate of drug-likeness (QED) is 0.732. The van der Waals surface area contributed by atoms with Crippen molar-refractivity contribution in [2.45, 2.75) is 25.8 Å². The van der Waals surface area contributed by atoms with E-state index in [0.717, 1.165) is 24.2 Å². The first kappa shape index (κ1) is 14.8. The van der Waals surface area contributed by atoms with Crippen molar-refractivity contribution in [2.75, 3.05) is 4.90 Å². The van der Waals surface area contributed by atoms with Gasteiger partial charge in [-0.15, -0.1) is 6.58 Å². The minimum absolute atomic E-state index is 0.319. The Labute approximate surface area is 126 Å². The van der Waals surface area contributed by atoms with Crippen LogP contribution in [0.2, 0.25) is 0 Å². The summed E-state index contributed by atoms with van der Waals surface area (Å²) in [6.07, 6.45) is 7.48. The summed E-state index contributed by atoms with van der Waals surface area (Å²) in [5.74, 6) is 0. The molecule has 0 saturated heterocycles. The zero-order chi connectivity index (χ0) is 15.1. The highest BCUT2D eigenvalue weighted by molar-refractivity contribution is 5.64. The van der Waals surface area contributed by atoms with Gasteiger partial charge in [0, 0.05) is 17.9 Å².